The van der Waals surface area contributed by atoms with Crippen molar-refractivity contribution in [2.75, 3.05) is 6.26 Å². The monoisotopic (exact) mass is 341 g/mol. The summed E-state index contributed by atoms with van der Waals surface area (Å²) in [7, 11) is 0. The maximum Gasteiger partial charge on any atom is 0.251 e. The average Bonchev–Trinajstić information content (AvgIpc) is 3.09. The number of carbonyl (C=O) groups is 1. The van der Waals surface area contributed by atoms with E-state index in [9.17, 15) is 9.18 Å². The fourth-order valence-corrected chi connectivity index (χ4v) is 2.88. The minimum Gasteiger partial charge on any atom is -0.348 e. The number of hydrogen-bond donors (Lipinski definition) is 1. The Morgan fingerprint density at radius 2 is 2.08 bits per heavy atom. The van der Waals surface area contributed by atoms with Gasteiger partial charge in [-0.2, -0.15) is 0 Å². The lowest BCUT2D eigenvalue weighted by Crippen LogP contribution is -2.23. The molecule has 1 N–H and O–H groups in total. The van der Waals surface area contributed by atoms with Crippen LogP contribution in [0.3, 0.4) is 0 Å². The highest BCUT2D eigenvalue weighted by Crippen LogP contribution is 2.19. The van der Waals surface area contributed by atoms with Gasteiger partial charge in [0.1, 0.15) is 5.82 Å². The molecular weight excluding hydrogens is 325 g/mol. The summed E-state index contributed by atoms with van der Waals surface area (Å²) >= 11 is 1.53. The first-order valence-corrected chi connectivity index (χ1v) is 8.61. The van der Waals surface area contributed by atoms with Gasteiger partial charge in [-0.05, 0) is 30.5 Å². The number of halogens is 1. The van der Waals surface area contributed by atoms with Crippen molar-refractivity contribution in [2.45, 2.75) is 11.7 Å². The number of rotatable bonds is 5. The second-order valence-electron chi connectivity index (χ2n) is 5.11. The van der Waals surface area contributed by atoms with Crippen LogP contribution in [0.15, 0.2) is 66.1 Å². The first kappa shape index (κ1) is 16.3. The van der Waals surface area contributed by atoms with E-state index in [0.717, 1.165) is 10.8 Å². The zero-order valence-electron chi connectivity index (χ0n) is 13.1. The summed E-state index contributed by atoms with van der Waals surface area (Å²) in [5.41, 5.74) is 1.83. The van der Waals surface area contributed by atoms with Gasteiger partial charge in [-0.3, -0.25) is 9.36 Å². The smallest absolute Gasteiger partial charge is 0.251 e. The normalized spacial score (nSPS) is 10.6. The molecule has 0 unspecified atom stereocenters. The summed E-state index contributed by atoms with van der Waals surface area (Å²) in [6.45, 7) is 0.150. The first-order valence-electron chi connectivity index (χ1n) is 7.38. The summed E-state index contributed by atoms with van der Waals surface area (Å²) in [6.07, 6.45) is 5.52. The third-order valence-electron chi connectivity index (χ3n) is 3.57. The zero-order valence-corrected chi connectivity index (χ0v) is 13.9. The largest absolute Gasteiger partial charge is 0.348 e. The van der Waals surface area contributed by atoms with Crippen LogP contribution in [0.5, 0.6) is 0 Å². The molecule has 3 aromatic rings. The summed E-state index contributed by atoms with van der Waals surface area (Å²) in [5, 5.41) is 3.59. The standard InChI is InChI=1S/C18H16FN3OS/c1-24-18-20-9-10-22(18)15-7-4-6-13(11-15)17(23)21-12-14-5-2-3-8-16(14)19/h2-11H,12H2,1H3,(H,21,23). The Hall–Kier alpha value is -2.60. The number of hydrogen-bond acceptors (Lipinski definition) is 3. The maximum atomic E-state index is 13.6. The molecular formula is C18H16FN3OS. The molecule has 0 aliphatic carbocycles. The van der Waals surface area contributed by atoms with E-state index in [0.29, 0.717) is 11.1 Å². The van der Waals surface area contributed by atoms with E-state index < -0.39 is 0 Å². The molecule has 6 heteroatoms. The second kappa shape index (κ2) is 7.31. The number of thioether (sulfide) groups is 1. The molecule has 0 saturated heterocycles. The molecule has 2 aromatic carbocycles. The van der Waals surface area contributed by atoms with Crippen molar-refractivity contribution in [3.8, 4) is 5.69 Å². The predicted molar refractivity (Wildman–Crippen MR) is 92.9 cm³/mol. The molecule has 0 bridgehead atoms. The SMILES string of the molecule is CSc1nccn1-c1cccc(C(=O)NCc2ccccc2F)c1. The van der Waals surface area contributed by atoms with Gasteiger partial charge in [0.05, 0.1) is 0 Å². The number of aromatic nitrogens is 2. The third-order valence-corrected chi connectivity index (χ3v) is 4.24. The van der Waals surface area contributed by atoms with Crippen molar-refractivity contribution < 1.29 is 9.18 Å². The number of amides is 1. The Morgan fingerprint density at radius 1 is 1.25 bits per heavy atom. The van der Waals surface area contributed by atoms with Gasteiger partial charge in [0.2, 0.25) is 0 Å². The van der Waals surface area contributed by atoms with Gasteiger partial charge in [0.25, 0.3) is 5.91 Å². The Balaban J connectivity index is 1.76. The van der Waals surface area contributed by atoms with Crippen molar-refractivity contribution >= 4 is 17.7 Å². The third kappa shape index (κ3) is 3.49. The maximum absolute atomic E-state index is 13.6. The van der Waals surface area contributed by atoms with Crippen LogP contribution < -0.4 is 5.32 Å². The molecule has 1 amide bonds. The number of nitrogens with one attached hydrogen (secondary N) is 1. The van der Waals surface area contributed by atoms with Crippen molar-refractivity contribution in [1.29, 1.82) is 0 Å². The molecule has 24 heavy (non-hydrogen) atoms. The van der Waals surface area contributed by atoms with E-state index in [2.05, 4.69) is 10.3 Å². The zero-order chi connectivity index (χ0) is 16.9. The van der Waals surface area contributed by atoms with E-state index in [-0.39, 0.29) is 18.3 Å². The van der Waals surface area contributed by atoms with Crippen molar-refractivity contribution in [3.63, 3.8) is 0 Å². The highest BCUT2D eigenvalue weighted by atomic mass is 32.2. The van der Waals surface area contributed by atoms with Gasteiger partial charge in [-0.25, -0.2) is 9.37 Å². The Morgan fingerprint density at radius 3 is 2.88 bits per heavy atom. The molecule has 1 aromatic heterocycles. The summed E-state index contributed by atoms with van der Waals surface area (Å²) in [4.78, 5) is 16.6. The molecule has 122 valence electrons. The van der Waals surface area contributed by atoms with Crippen LogP contribution >= 0.6 is 11.8 Å². The summed E-state index contributed by atoms with van der Waals surface area (Å²) in [5.74, 6) is -0.569. The van der Waals surface area contributed by atoms with Gasteiger partial charge in [-0.15, -0.1) is 0 Å². The van der Waals surface area contributed by atoms with Gasteiger partial charge < -0.3 is 5.32 Å². The molecule has 0 atom stereocenters. The minimum absolute atomic E-state index is 0.150. The van der Waals surface area contributed by atoms with Gasteiger partial charge >= 0.3 is 0 Å². The second-order valence-corrected chi connectivity index (χ2v) is 5.88. The van der Waals surface area contributed by atoms with E-state index in [1.165, 1.54) is 17.8 Å². The minimum atomic E-state index is -0.324. The highest BCUT2D eigenvalue weighted by Gasteiger charge is 2.10. The molecule has 0 radical (unpaired) electrons. The van der Waals surface area contributed by atoms with Crippen molar-refractivity contribution in [2.24, 2.45) is 0 Å². The van der Waals surface area contributed by atoms with Crippen molar-refractivity contribution in [1.82, 2.24) is 14.9 Å². The van der Waals surface area contributed by atoms with Gasteiger partial charge in [-0.1, -0.05) is 36.0 Å². The van der Waals surface area contributed by atoms with Crippen LogP contribution in [0.2, 0.25) is 0 Å². The summed E-state index contributed by atoms with van der Waals surface area (Å²) < 4.78 is 15.5. The lowest BCUT2D eigenvalue weighted by Gasteiger charge is -2.09. The molecule has 0 aliphatic rings. The lowest BCUT2D eigenvalue weighted by atomic mass is 10.1. The lowest BCUT2D eigenvalue weighted by molar-refractivity contribution is 0.0950. The fourth-order valence-electron chi connectivity index (χ4n) is 2.35. The van der Waals surface area contributed by atoms with Crippen molar-refractivity contribution in [3.05, 3.63) is 77.9 Å². The molecule has 0 fully saturated rings. The fraction of sp³-hybridized carbons (Fsp3) is 0.111. The molecule has 0 aliphatic heterocycles. The Kier molecular flexibility index (Phi) is 4.96. The number of imidazole rings is 1. The Bertz CT molecular complexity index is 863. The number of carbonyl (C=O) groups excluding carboxylic acids is 1. The average molecular weight is 341 g/mol. The van der Waals surface area contributed by atoms with Crippen LogP contribution in [0.1, 0.15) is 15.9 Å². The first-order chi connectivity index (χ1) is 11.7. The highest BCUT2D eigenvalue weighted by molar-refractivity contribution is 7.98. The van der Waals surface area contributed by atoms with Crippen LogP contribution in [0, 0.1) is 5.82 Å². The van der Waals surface area contributed by atoms with E-state index in [1.54, 1.807) is 36.5 Å². The Labute approximate surface area is 143 Å². The quantitative estimate of drug-likeness (QED) is 0.721. The van der Waals surface area contributed by atoms with Crippen LogP contribution in [-0.4, -0.2) is 21.7 Å². The van der Waals surface area contributed by atoms with E-state index >= 15 is 0 Å². The van der Waals surface area contributed by atoms with Gasteiger partial charge in [0, 0.05) is 35.8 Å². The van der Waals surface area contributed by atoms with Gasteiger partial charge in [0.15, 0.2) is 5.16 Å². The summed E-state index contributed by atoms with van der Waals surface area (Å²) in [6, 6.07) is 13.7. The van der Waals surface area contributed by atoms with Crippen LogP contribution in [0.25, 0.3) is 5.69 Å². The molecule has 0 spiro atoms. The van der Waals surface area contributed by atoms with Crippen LogP contribution in [-0.2, 0) is 6.54 Å². The number of nitrogens with zero attached hydrogens (tertiary/aromatic N) is 2. The number of benzene rings is 2. The molecule has 3 rings (SSSR count). The topological polar surface area (TPSA) is 46.9 Å². The van der Waals surface area contributed by atoms with E-state index in [4.69, 9.17) is 0 Å². The molecule has 4 nitrogen and oxygen atoms in total. The van der Waals surface area contributed by atoms with E-state index in [1.807, 2.05) is 29.2 Å². The molecule has 0 saturated carbocycles. The predicted octanol–water partition coefficient (Wildman–Crippen LogP) is 3.66. The van der Waals surface area contributed by atoms with Crippen LogP contribution in [0.4, 0.5) is 4.39 Å². The molecule has 1 heterocycles.